The zero-order valence-electron chi connectivity index (χ0n) is 22.2. The van der Waals surface area contributed by atoms with Crippen LogP contribution in [0.25, 0.3) is 0 Å². The van der Waals surface area contributed by atoms with E-state index in [-0.39, 0.29) is 0 Å². The van der Waals surface area contributed by atoms with Crippen LogP contribution in [-0.4, -0.2) is 75.3 Å². The van der Waals surface area contributed by atoms with Crippen molar-refractivity contribution in [3.8, 4) is 0 Å². The Hall–Kier alpha value is -2.43. The van der Waals surface area contributed by atoms with Crippen molar-refractivity contribution in [1.29, 1.82) is 0 Å². The van der Waals surface area contributed by atoms with Crippen molar-refractivity contribution in [3.05, 3.63) is 0 Å². The molecule has 4 N–H and O–H groups in total. The number of alkyl halides is 6. The molecule has 0 aromatic rings. The van der Waals surface area contributed by atoms with Gasteiger partial charge in [0, 0.05) is 0 Å². The summed E-state index contributed by atoms with van der Waals surface area (Å²) in [6, 6.07) is -3.05. The van der Waals surface area contributed by atoms with Crippen LogP contribution in [0.1, 0.15) is 61.3 Å². The minimum absolute atomic E-state index is 0.480. The van der Waals surface area contributed by atoms with Gasteiger partial charge < -0.3 is 20.7 Å². The number of carbonyl (C=O) groups is 4. The molecule has 17 heteroatoms. The van der Waals surface area contributed by atoms with Crippen LogP contribution >= 0.6 is 0 Å². The molecular weight excluding hydrogens is 550 g/mol. The molecule has 0 spiro atoms. The molecule has 222 valence electrons. The van der Waals surface area contributed by atoms with Crippen molar-refractivity contribution < 1.29 is 54.5 Å². The maximum atomic E-state index is 13.7. The summed E-state index contributed by atoms with van der Waals surface area (Å²) in [7, 11) is -1.25. The molecule has 0 aliphatic carbocycles. The van der Waals surface area contributed by atoms with Crippen molar-refractivity contribution in [1.82, 2.24) is 20.7 Å². The first kappa shape index (κ1) is 35.6. The molecule has 0 aromatic heterocycles. The molecule has 0 radical (unpaired) electrons. The zero-order chi connectivity index (χ0) is 30.5. The number of esters is 1. The van der Waals surface area contributed by atoms with Gasteiger partial charge in [0.05, 0.1) is 35.7 Å². The van der Waals surface area contributed by atoms with E-state index >= 15 is 0 Å². The number of halogens is 6. The van der Waals surface area contributed by atoms with Gasteiger partial charge in [0.25, 0.3) is 0 Å². The predicted octanol–water partition coefficient (Wildman–Crippen LogP) is 1.76. The van der Waals surface area contributed by atoms with E-state index in [1.807, 2.05) is 15.4 Å². The van der Waals surface area contributed by atoms with Crippen LogP contribution in [0, 0.1) is 0 Å². The maximum absolute atomic E-state index is 13.7. The smallest absolute Gasteiger partial charge is 0.411 e. The van der Waals surface area contributed by atoms with Crippen LogP contribution in [0.5, 0.6) is 0 Å². The SMILES string of the molecule is COC(=O)[C@H](C)NC(=O)C[C@@](C)(NC(=O)[C@H](C)NC(=O)C[C@@](C)(N[S@@](=O)C(C)(C)C)C(F)(F)F)C(F)(F)F. The highest BCUT2D eigenvalue weighted by Crippen LogP contribution is 2.35. The Labute approximate surface area is 219 Å². The van der Waals surface area contributed by atoms with Crippen molar-refractivity contribution in [2.24, 2.45) is 0 Å². The van der Waals surface area contributed by atoms with Crippen molar-refractivity contribution in [3.63, 3.8) is 0 Å². The Morgan fingerprint density at radius 1 is 0.763 bits per heavy atom. The maximum Gasteiger partial charge on any atom is 0.411 e. The largest absolute Gasteiger partial charge is 0.467 e. The van der Waals surface area contributed by atoms with Gasteiger partial charge >= 0.3 is 18.3 Å². The van der Waals surface area contributed by atoms with E-state index in [0.29, 0.717) is 13.8 Å². The van der Waals surface area contributed by atoms with Crippen LogP contribution in [-0.2, 0) is 34.9 Å². The number of ether oxygens (including phenoxy) is 1. The van der Waals surface area contributed by atoms with E-state index in [1.165, 1.54) is 20.8 Å². The topological polar surface area (TPSA) is 143 Å². The van der Waals surface area contributed by atoms with Gasteiger partial charge in [-0.1, -0.05) is 0 Å². The molecule has 0 aliphatic heterocycles. The second kappa shape index (κ2) is 12.6. The van der Waals surface area contributed by atoms with Crippen LogP contribution in [0.4, 0.5) is 26.3 Å². The van der Waals surface area contributed by atoms with E-state index in [0.717, 1.165) is 21.0 Å². The van der Waals surface area contributed by atoms with Crippen LogP contribution in [0.3, 0.4) is 0 Å². The van der Waals surface area contributed by atoms with Gasteiger partial charge in [-0.25, -0.2) is 13.7 Å². The monoisotopic (exact) mass is 584 g/mol. The predicted molar refractivity (Wildman–Crippen MR) is 125 cm³/mol. The molecule has 0 fully saturated rings. The minimum atomic E-state index is -5.19. The quantitative estimate of drug-likeness (QED) is 0.215. The molecule has 3 amide bonds. The highest BCUT2D eigenvalue weighted by atomic mass is 32.2. The lowest BCUT2D eigenvalue weighted by atomic mass is 9.95. The number of hydrogen-bond acceptors (Lipinski definition) is 6. The number of nitrogens with one attached hydrogen (secondary N) is 4. The molecule has 38 heavy (non-hydrogen) atoms. The third kappa shape index (κ3) is 10.0. The molecule has 0 aliphatic rings. The Morgan fingerprint density at radius 3 is 1.53 bits per heavy atom. The normalized spacial score (nSPS) is 18.2. The number of carbonyl (C=O) groups excluding carboxylic acids is 4. The third-order valence-electron chi connectivity index (χ3n) is 5.26. The molecule has 0 rings (SSSR count). The highest BCUT2D eigenvalue weighted by Gasteiger charge is 2.55. The van der Waals surface area contributed by atoms with Gasteiger partial charge in [0.2, 0.25) is 17.7 Å². The fraction of sp³-hybridized carbons (Fsp3) is 0.810. The molecule has 0 aromatic carbocycles. The third-order valence-corrected chi connectivity index (χ3v) is 7.00. The lowest BCUT2D eigenvalue weighted by Crippen LogP contribution is -2.63. The van der Waals surface area contributed by atoms with Crippen LogP contribution in [0.15, 0.2) is 0 Å². The second-order valence-electron chi connectivity index (χ2n) is 10.1. The highest BCUT2D eigenvalue weighted by molar-refractivity contribution is 7.84. The molecule has 0 saturated heterocycles. The number of amides is 3. The fourth-order valence-electron chi connectivity index (χ4n) is 2.68. The molecule has 0 saturated carbocycles. The second-order valence-corrected chi connectivity index (χ2v) is 12.1. The summed E-state index contributed by atoms with van der Waals surface area (Å²) in [5, 5.41) is 5.46. The van der Waals surface area contributed by atoms with Crippen LogP contribution in [0.2, 0.25) is 0 Å². The summed E-state index contributed by atoms with van der Waals surface area (Å²) in [6.45, 7) is 7.33. The van der Waals surface area contributed by atoms with Gasteiger partial charge in [-0.3, -0.25) is 14.4 Å². The van der Waals surface area contributed by atoms with Gasteiger partial charge in [-0.2, -0.15) is 26.3 Å². The Kier molecular flexibility index (Phi) is 11.8. The molecule has 0 bridgehead atoms. The lowest BCUT2D eigenvalue weighted by Gasteiger charge is -2.35. The first-order chi connectivity index (χ1) is 16.8. The van der Waals surface area contributed by atoms with Gasteiger partial charge in [-0.15, -0.1) is 0 Å². The van der Waals surface area contributed by atoms with E-state index < -0.39 is 87.8 Å². The summed E-state index contributed by atoms with van der Waals surface area (Å²) in [5.41, 5.74) is -6.17. The van der Waals surface area contributed by atoms with Gasteiger partial charge in [0.15, 0.2) is 0 Å². The summed E-state index contributed by atoms with van der Waals surface area (Å²) in [5.74, 6) is -5.02. The van der Waals surface area contributed by atoms with Gasteiger partial charge in [0.1, 0.15) is 23.2 Å². The van der Waals surface area contributed by atoms with Gasteiger partial charge in [-0.05, 0) is 48.5 Å². The average Bonchev–Trinajstić information content (AvgIpc) is 2.69. The van der Waals surface area contributed by atoms with Crippen molar-refractivity contribution in [2.45, 2.75) is 102 Å². The number of hydrogen-bond donors (Lipinski definition) is 4. The van der Waals surface area contributed by atoms with Crippen molar-refractivity contribution >= 4 is 34.7 Å². The van der Waals surface area contributed by atoms with E-state index in [9.17, 15) is 49.7 Å². The molecule has 0 heterocycles. The Morgan fingerprint density at radius 2 is 1.16 bits per heavy atom. The number of rotatable bonds is 11. The fourth-order valence-corrected chi connectivity index (χ4v) is 3.58. The molecule has 10 nitrogen and oxygen atoms in total. The zero-order valence-corrected chi connectivity index (χ0v) is 23.0. The summed E-state index contributed by atoms with van der Waals surface area (Å²) in [6.07, 6.45) is -13.0. The van der Waals surface area contributed by atoms with Crippen LogP contribution < -0.4 is 20.7 Å². The van der Waals surface area contributed by atoms with E-state index in [1.54, 1.807) is 5.32 Å². The lowest BCUT2D eigenvalue weighted by molar-refractivity contribution is -0.197. The molecular formula is C21H34F6N4O6S. The minimum Gasteiger partial charge on any atom is -0.467 e. The molecule has 0 unspecified atom stereocenters. The summed E-state index contributed by atoms with van der Waals surface area (Å²) >= 11 is 0. The van der Waals surface area contributed by atoms with Crippen molar-refractivity contribution in [2.75, 3.05) is 7.11 Å². The Balaban J connectivity index is 5.58. The average molecular weight is 585 g/mol. The van der Waals surface area contributed by atoms with E-state index in [4.69, 9.17) is 0 Å². The Bertz CT molecular complexity index is 923. The molecule has 5 atom stereocenters. The van der Waals surface area contributed by atoms with E-state index in [2.05, 4.69) is 4.74 Å². The summed E-state index contributed by atoms with van der Waals surface area (Å²) in [4.78, 5) is 48.3. The number of methoxy groups -OCH3 is 1. The summed E-state index contributed by atoms with van der Waals surface area (Å²) < 4.78 is 99.7. The first-order valence-corrected chi connectivity index (χ1v) is 12.3. The standard InChI is InChI=1S/C21H34F6N4O6S/c1-11(28-14(33)10-19(7,21(25,26)27)31-38(36)17(3,4)5)15(34)30-18(6,20(22,23)24)9-13(32)29-12(2)16(35)37-8/h11-12,31H,9-10H2,1-8H3,(H,28,33)(H,29,32)(H,30,34)/t11-,12-,18+,19+,38-/m0/s1. The first-order valence-electron chi connectivity index (χ1n) is 11.1.